The number of carbonyl (C=O) groups is 2. The molecule has 130 valence electrons. The molecule has 0 bridgehead atoms. The van der Waals surface area contributed by atoms with Gasteiger partial charge < -0.3 is 20.1 Å². The first kappa shape index (κ1) is 16.8. The molecular weight excluding hydrogens is 322 g/mol. The van der Waals surface area contributed by atoms with Crippen LogP contribution < -0.4 is 20.1 Å². The van der Waals surface area contributed by atoms with Crippen molar-refractivity contribution < 1.29 is 19.1 Å². The van der Waals surface area contributed by atoms with Crippen molar-refractivity contribution in [1.29, 1.82) is 0 Å². The molecule has 2 aromatic rings. The smallest absolute Gasteiger partial charge is 0.258 e. The van der Waals surface area contributed by atoms with Crippen molar-refractivity contribution in [2.45, 2.75) is 19.4 Å². The van der Waals surface area contributed by atoms with E-state index in [1.807, 2.05) is 12.1 Å². The normalized spacial score (nSPS) is 12.8. The number of anilines is 1. The lowest BCUT2D eigenvalue weighted by Gasteiger charge is -2.17. The number of nitrogens with one attached hydrogen (secondary N) is 2. The molecule has 0 atom stereocenters. The van der Waals surface area contributed by atoms with Gasteiger partial charge in [0.05, 0.1) is 7.11 Å². The van der Waals surface area contributed by atoms with E-state index in [0.29, 0.717) is 31.0 Å². The molecule has 0 unspecified atom stereocenters. The lowest BCUT2D eigenvalue weighted by atomic mass is 10.0. The molecule has 7 heteroatoms. The van der Waals surface area contributed by atoms with Gasteiger partial charge in [0.1, 0.15) is 5.75 Å². The fourth-order valence-electron chi connectivity index (χ4n) is 2.59. The highest BCUT2D eigenvalue weighted by Gasteiger charge is 2.15. The SMILES string of the molecule is COc1ncccc1CNC(=O)COc1ccc2c(c1)CCC(=O)N2. The van der Waals surface area contributed by atoms with E-state index in [-0.39, 0.29) is 18.4 Å². The summed E-state index contributed by atoms with van der Waals surface area (Å²) in [5, 5.41) is 5.58. The number of methoxy groups -OCH3 is 1. The minimum absolute atomic E-state index is 0.0198. The van der Waals surface area contributed by atoms with Crippen molar-refractivity contribution in [3.63, 3.8) is 0 Å². The third-order valence-corrected chi connectivity index (χ3v) is 3.86. The maximum atomic E-state index is 12.0. The number of nitrogens with zero attached hydrogens (tertiary/aromatic N) is 1. The number of hydrogen-bond donors (Lipinski definition) is 2. The lowest BCUT2D eigenvalue weighted by molar-refractivity contribution is -0.123. The monoisotopic (exact) mass is 341 g/mol. The third-order valence-electron chi connectivity index (χ3n) is 3.86. The van der Waals surface area contributed by atoms with Crippen LogP contribution >= 0.6 is 0 Å². The van der Waals surface area contributed by atoms with Crippen LogP contribution in [0.1, 0.15) is 17.5 Å². The molecule has 2 amide bonds. The largest absolute Gasteiger partial charge is 0.484 e. The maximum Gasteiger partial charge on any atom is 0.258 e. The molecule has 1 aliphatic heterocycles. The van der Waals surface area contributed by atoms with E-state index in [1.54, 1.807) is 24.4 Å². The standard InChI is InChI=1S/C18H19N3O4/c1-24-18-13(3-2-8-19-18)10-20-17(23)11-25-14-5-6-15-12(9-14)4-7-16(22)21-15/h2-3,5-6,8-9H,4,7,10-11H2,1H3,(H,20,23)(H,21,22). The predicted octanol–water partition coefficient (Wildman–Crippen LogP) is 1.67. The van der Waals surface area contributed by atoms with Gasteiger partial charge in [0, 0.05) is 30.4 Å². The van der Waals surface area contributed by atoms with Gasteiger partial charge in [-0.15, -0.1) is 0 Å². The first-order chi connectivity index (χ1) is 12.2. The summed E-state index contributed by atoms with van der Waals surface area (Å²) < 4.78 is 10.7. The van der Waals surface area contributed by atoms with Crippen LogP contribution in [0, 0.1) is 0 Å². The Labute approximate surface area is 145 Å². The van der Waals surface area contributed by atoms with Crippen molar-refractivity contribution >= 4 is 17.5 Å². The Hall–Kier alpha value is -3.09. The highest BCUT2D eigenvalue weighted by atomic mass is 16.5. The summed E-state index contributed by atoms with van der Waals surface area (Å²) in [6.07, 6.45) is 2.76. The molecule has 1 aromatic carbocycles. The number of fused-ring (bicyclic) bond motifs is 1. The molecule has 1 aromatic heterocycles. The highest BCUT2D eigenvalue weighted by molar-refractivity contribution is 5.94. The Morgan fingerprint density at radius 2 is 2.20 bits per heavy atom. The Morgan fingerprint density at radius 1 is 1.32 bits per heavy atom. The first-order valence-corrected chi connectivity index (χ1v) is 7.96. The van der Waals surface area contributed by atoms with Gasteiger partial charge in [0.2, 0.25) is 11.8 Å². The van der Waals surface area contributed by atoms with E-state index in [1.165, 1.54) is 7.11 Å². The summed E-state index contributed by atoms with van der Waals surface area (Å²) in [6, 6.07) is 9.01. The van der Waals surface area contributed by atoms with E-state index in [4.69, 9.17) is 9.47 Å². The summed E-state index contributed by atoms with van der Waals surface area (Å²) in [5.74, 6) is 0.868. The average Bonchev–Trinajstić information content (AvgIpc) is 2.64. The molecular formula is C18H19N3O4. The molecule has 0 radical (unpaired) electrons. The van der Waals surface area contributed by atoms with Gasteiger partial charge in [-0.05, 0) is 36.2 Å². The molecule has 2 heterocycles. The number of aromatic nitrogens is 1. The molecule has 7 nitrogen and oxygen atoms in total. The van der Waals surface area contributed by atoms with Gasteiger partial charge in [-0.3, -0.25) is 9.59 Å². The zero-order chi connectivity index (χ0) is 17.6. The van der Waals surface area contributed by atoms with Gasteiger partial charge in [-0.25, -0.2) is 4.98 Å². The molecule has 3 rings (SSSR count). The fourth-order valence-corrected chi connectivity index (χ4v) is 2.59. The molecule has 0 fully saturated rings. The topological polar surface area (TPSA) is 89.6 Å². The Kier molecular flexibility index (Phi) is 5.13. The number of carbonyl (C=O) groups excluding carboxylic acids is 2. The van der Waals surface area contributed by atoms with Gasteiger partial charge in [0.15, 0.2) is 6.61 Å². The van der Waals surface area contributed by atoms with Gasteiger partial charge >= 0.3 is 0 Å². The summed E-state index contributed by atoms with van der Waals surface area (Å²) in [4.78, 5) is 27.4. The van der Waals surface area contributed by atoms with E-state index in [2.05, 4.69) is 15.6 Å². The maximum absolute atomic E-state index is 12.0. The van der Waals surface area contributed by atoms with Crippen LogP contribution in [0.25, 0.3) is 0 Å². The molecule has 1 aliphatic rings. The van der Waals surface area contributed by atoms with Gasteiger partial charge in [-0.1, -0.05) is 6.07 Å². The van der Waals surface area contributed by atoms with E-state index >= 15 is 0 Å². The number of hydrogen-bond acceptors (Lipinski definition) is 5. The van der Waals surface area contributed by atoms with E-state index in [9.17, 15) is 9.59 Å². The lowest BCUT2D eigenvalue weighted by Crippen LogP contribution is -2.28. The highest BCUT2D eigenvalue weighted by Crippen LogP contribution is 2.26. The van der Waals surface area contributed by atoms with Crippen LogP contribution in [0.3, 0.4) is 0 Å². The van der Waals surface area contributed by atoms with Gasteiger partial charge in [0.25, 0.3) is 5.91 Å². The van der Waals surface area contributed by atoms with Crippen LogP contribution in [0.2, 0.25) is 0 Å². The van der Waals surface area contributed by atoms with Crippen molar-refractivity contribution in [2.24, 2.45) is 0 Å². The van der Waals surface area contributed by atoms with E-state index in [0.717, 1.165) is 16.8 Å². The average molecular weight is 341 g/mol. The zero-order valence-corrected chi connectivity index (χ0v) is 13.9. The number of benzene rings is 1. The molecule has 0 saturated carbocycles. The number of pyridine rings is 1. The molecule has 0 spiro atoms. The predicted molar refractivity (Wildman–Crippen MR) is 91.5 cm³/mol. The fraction of sp³-hybridized carbons (Fsp3) is 0.278. The summed E-state index contributed by atoms with van der Waals surface area (Å²) in [5.41, 5.74) is 2.61. The second-order valence-corrected chi connectivity index (χ2v) is 5.60. The van der Waals surface area contributed by atoms with Crippen molar-refractivity contribution in [3.8, 4) is 11.6 Å². The second-order valence-electron chi connectivity index (χ2n) is 5.60. The Bertz CT molecular complexity index is 792. The van der Waals surface area contributed by atoms with Crippen molar-refractivity contribution in [1.82, 2.24) is 10.3 Å². The Morgan fingerprint density at radius 3 is 3.04 bits per heavy atom. The van der Waals surface area contributed by atoms with Crippen molar-refractivity contribution in [2.75, 3.05) is 19.0 Å². The van der Waals surface area contributed by atoms with Crippen LogP contribution in [0.15, 0.2) is 36.5 Å². The summed E-state index contributed by atoms with van der Waals surface area (Å²) >= 11 is 0. The minimum Gasteiger partial charge on any atom is -0.484 e. The zero-order valence-electron chi connectivity index (χ0n) is 13.9. The van der Waals surface area contributed by atoms with Crippen LogP contribution in [0.4, 0.5) is 5.69 Å². The first-order valence-electron chi connectivity index (χ1n) is 7.96. The van der Waals surface area contributed by atoms with Crippen LogP contribution in [0.5, 0.6) is 11.6 Å². The molecule has 25 heavy (non-hydrogen) atoms. The van der Waals surface area contributed by atoms with Crippen molar-refractivity contribution in [3.05, 3.63) is 47.7 Å². The molecule has 0 aliphatic carbocycles. The van der Waals surface area contributed by atoms with E-state index < -0.39 is 0 Å². The minimum atomic E-state index is -0.239. The quantitative estimate of drug-likeness (QED) is 0.834. The Balaban J connectivity index is 1.52. The van der Waals surface area contributed by atoms with Crippen LogP contribution in [-0.2, 0) is 22.6 Å². The van der Waals surface area contributed by atoms with Gasteiger partial charge in [-0.2, -0.15) is 0 Å². The number of rotatable bonds is 6. The second kappa shape index (κ2) is 7.65. The number of ether oxygens (including phenoxy) is 2. The number of amides is 2. The summed E-state index contributed by atoms with van der Waals surface area (Å²) in [7, 11) is 1.54. The third kappa shape index (κ3) is 4.26. The number of aryl methyl sites for hydroxylation is 1. The van der Waals surface area contributed by atoms with Crippen LogP contribution in [-0.4, -0.2) is 30.5 Å². The summed E-state index contributed by atoms with van der Waals surface area (Å²) in [6.45, 7) is 0.225. The molecule has 2 N–H and O–H groups in total. The molecule has 0 saturated heterocycles.